The number of phenols is 2. The highest BCUT2D eigenvalue weighted by molar-refractivity contribution is 5.50. The van der Waals surface area contributed by atoms with Gasteiger partial charge < -0.3 is 14.9 Å². The van der Waals surface area contributed by atoms with Crippen LogP contribution < -0.4 is 0 Å². The van der Waals surface area contributed by atoms with Gasteiger partial charge in [-0.25, -0.2) is 0 Å². The van der Waals surface area contributed by atoms with Gasteiger partial charge in [0.15, 0.2) is 11.5 Å². The zero-order chi connectivity index (χ0) is 20.6. The first-order valence-corrected chi connectivity index (χ1v) is 10.9. The van der Waals surface area contributed by atoms with Crippen LogP contribution in [0.15, 0.2) is 12.1 Å². The lowest BCUT2D eigenvalue weighted by molar-refractivity contribution is -0.135. The van der Waals surface area contributed by atoms with Gasteiger partial charge in [-0.15, -0.1) is 0 Å². The van der Waals surface area contributed by atoms with Crippen LogP contribution in [-0.4, -0.2) is 22.3 Å². The first kappa shape index (κ1) is 22.6. The summed E-state index contributed by atoms with van der Waals surface area (Å²) < 4.78 is 5.16. The molecule has 0 radical (unpaired) electrons. The van der Waals surface area contributed by atoms with Gasteiger partial charge in [0.05, 0.1) is 0 Å². The SMILES string of the molecule is CC(C)(C)CCCCCCc1ccc(CCCCC2(OC=O)CC2)c(O)c1O. The Balaban J connectivity index is 1.70. The molecule has 28 heavy (non-hydrogen) atoms. The molecule has 0 aliphatic heterocycles. The van der Waals surface area contributed by atoms with Gasteiger partial charge >= 0.3 is 0 Å². The molecule has 1 saturated carbocycles. The highest BCUT2D eigenvalue weighted by Crippen LogP contribution is 2.43. The molecule has 0 aromatic heterocycles. The summed E-state index contributed by atoms with van der Waals surface area (Å²) in [7, 11) is 0. The van der Waals surface area contributed by atoms with Gasteiger partial charge in [-0.2, -0.15) is 0 Å². The van der Waals surface area contributed by atoms with E-state index in [-0.39, 0.29) is 17.1 Å². The van der Waals surface area contributed by atoms with Crippen LogP contribution in [0.3, 0.4) is 0 Å². The van der Waals surface area contributed by atoms with E-state index < -0.39 is 0 Å². The number of aryl methyl sites for hydroxylation is 2. The van der Waals surface area contributed by atoms with Crippen molar-refractivity contribution < 1.29 is 19.7 Å². The second kappa shape index (κ2) is 10.2. The monoisotopic (exact) mass is 390 g/mol. The van der Waals surface area contributed by atoms with Crippen molar-refractivity contribution in [3.05, 3.63) is 23.3 Å². The summed E-state index contributed by atoms with van der Waals surface area (Å²) in [5.41, 5.74) is 1.84. The molecule has 0 saturated heterocycles. The minimum absolute atomic E-state index is 0.0375. The highest BCUT2D eigenvalue weighted by atomic mass is 16.5. The Labute approximate surface area is 170 Å². The van der Waals surface area contributed by atoms with Gasteiger partial charge in [0.2, 0.25) is 0 Å². The van der Waals surface area contributed by atoms with E-state index in [1.165, 1.54) is 19.3 Å². The molecule has 4 nitrogen and oxygen atoms in total. The van der Waals surface area contributed by atoms with Crippen LogP contribution in [0.5, 0.6) is 11.5 Å². The van der Waals surface area contributed by atoms with Crippen molar-refractivity contribution in [3.8, 4) is 11.5 Å². The van der Waals surface area contributed by atoms with Gasteiger partial charge in [0.1, 0.15) is 5.60 Å². The maximum Gasteiger partial charge on any atom is 0.293 e. The number of benzene rings is 1. The molecular weight excluding hydrogens is 352 g/mol. The molecule has 1 aromatic rings. The minimum Gasteiger partial charge on any atom is -0.504 e. The molecule has 0 atom stereocenters. The van der Waals surface area contributed by atoms with E-state index in [1.54, 1.807) is 0 Å². The van der Waals surface area contributed by atoms with Crippen LogP contribution in [0.25, 0.3) is 0 Å². The van der Waals surface area contributed by atoms with E-state index in [4.69, 9.17) is 4.74 Å². The molecule has 1 aromatic carbocycles. The maximum atomic E-state index is 10.5. The number of rotatable bonds is 13. The highest BCUT2D eigenvalue weighted by Gasteiger charge is 2.44. The lowest BCUT2D eigenvalue weighted by Gasteiger charge is -2.17. The molecule has 158 valence electrons. The van der Waals surface area contributed by atoms with Gasteiger partial charge in [0, 0.05) is 0 Å². The molecule has 1 aliphatic carbocycles. The molecule has 0 amide bonds. The quantitative estimate of drug-likeness (QED) is 0.244. The number of unbranched alkanes of at least 4 members (excludes halogenated alkanes) is 4. The van der Waals surface area contributed by atoms with E-state index in [0.29, 0.717) is 11.9 Å². The van der Waals surface area contributed by atoms with Crippen LogP contribution in [-0.2, 0) is 22.4 Å². The van der Waals surface area contributed by atoms with Crippen LogP contribution in [0.4, 0.5) is 0 Å². The topological polar surface area (TPSA) is 66.8 Å². The summed E-state index contributed by atoms with van der Waals surface area (Å²) in [6.07, 6.45) is 12.1. The zero-order valence-electron chi connectivity index (χ0n) is 17.9. The van der Waals surface area contributed by atoms with E-state index >= 15 is 0 Å². The molecule has 1 aliphatic rings. The minimum atomic E-state index is -0.206. The first-order valence-electron chi connectivity index (χ1n) is 10.9. The Kier molecular flexibility index (Phi) is 8.21. The predicted octanol–water partition coefficient (Wildman–Crippen LogP) is 6.06. The van der Waals surface area contributed by atoms with Gasteiger partial charge in [-0.1, -0.05) is 52.2 Å². The van der Waals surface area contributed by atoms with Gasteiger partial charge in [0.25, 0.3) is 6.47 Å². The molecule has 2 rings (SSSR count). The predicted molar refractivity (Wildman–Crippen MR) is 113 cm³/mol. The number of ether oxygens (including phenoxy) is 1. The number of hydrogen-bond donors (Lipinski definition) is 2. The fourth-order valence-electron chi connectivity index (χ4n) is 3.82. The number of aromatic hydroxyl groups is 2. The summed E-state index contributed by atoms with van der Waals surface area (Å²) >= 11 is 0. The Bertz CT molecular complexity index is 626. The molecule has 0 unspecified atom stereocenters. The second-order valence-electron chi connectivity index (χ2n) is 9.66. The van der Waals surface area contributed by atoms with Crippen LogP contribution in [0, 0.1) is 5.41 Å². The Hall–Kier alpha value is -1.71. The van der Waals surface area contributed by atoms with E-state index in [2.05, 4.69) is 20.8 Å². The van der Waals surface area contributed by atoms with E-state index in [9.17, 15) is 15.0 Å². The lowest BCUT2D eigenvalue weighted by Crippen LogP contribution is -2.12. The van der Waals surface area contributed by atoms with Crippen molar-refractivity contribution in [1.29, 1.82) is 0 Å². The number of carbonyl (C=O) groups excluding carboxylic acids is 1. The van der Waals surface area contributed by atoms with Crippen molar-refractivity contribution in [2.24, 2.45) is 5.41 Å². The standard InChI is InChI=1S/C24H38O4/c1-23(2,3)14-8-5-4-6-10-19-12-13-20(22(27)21(19)26)11-7-9-15-24(16-17-24)28-18-25/h12-13,18,26-27H,4-11,14-17H2,1-3H3. The molecule has 2 N–H and O–H groups in total. The molecule has 0 heterocycles. The Morgan fingerprint density at radius 3 is 1.96 bits per heavy atom. The van der Waals surface area contributed by atoms with Crippen molar-refractivity contribution in [3.63, 3.8) is 0 Å². The average Bonchev–Trinajstić information content (AvgIpc) is 3.39. The van der Waals surface area contributed by atoms with Crippen LogP contribution in [0.1, 0.15) is 96.1 Å². The molecule has 4 heteroatoms. The maximum absolute atomic E-state index is 10.5. The summed E-state index contributed by atoms with van der Waals surface area (Å²) in [6.45, 7) is 7.38. The van der Waals surface area contributed by atoms with Gasteiger partial charge in [-0.3, -0.25) is 4.79 Å². The fraction of sp³-hybridized carbons (Fsp3) is 0.708. The molecule has 1 fully saturated rings. The lowest BCUT2D eigenvalue weighted by atomic mass is 9.89. The van der Waals surface area contributed by atoms with Crippen molar-refractivity contribution in [1.82, 2.24) is 0 Å². The van der Waals surface area contributed by atoms with Crippen molar-refractivity contribution in [2.45, 2.75) is 103 Å². The molecule has 0 bridgehead atoms. The first-order chi connectivity index (χ1) is 13.3. The number of hydrogen-bond acceptors (Lipinski definition) is 4. The van der Waals surface area contributed by atoms with Crippen LogP contribution >= 0.6 is 0 Å². The van der Waals surface area contributed by atoms with E-state index in [1.807, 2.05) is 12.1 Å². The summed E-state index contributed by atoms with van der Waals surface area (Å²) in [4.78, 5) is 10.5. The van der Waals surface area contributed by atoms with E-state index in [0.717, 1.165) is 68.9 Å². The summed E-state index contributed by atoms with van der Waals surface area (Å²) in [5.74, 6) is 0.0886. The largest absolute Gasteiger partial charge is 0.504 e. The third-order valence-corrected chi connectivity index (χ3v) is 5.88. The zero-order valence-corrected chi connectivity index (χ0v) is 17.9. The number of carbonyl (C=O) groups is 1. The molecule has 0 spiro atoms. The third kappa shape index (κ3) is 7.37. The number of phenolic OH excluding ortho intramolecular Hbond substituents is 2. The second-order valence-corrected chi connectivity index (χ2v) is 9.66. The third-order valence-electron chi connectivity index (χ3n) is 5.88. The molecular formula is C24H38O4. The summed E-state index contributed by atoms with van der Waals surface area (Å²) in [6, 6.07) is 3.90. The fourth-order valence-corrected chi connectivity index (χ4v) is 3.82. The Morgan fingerprint density at radius 1 is 0.929 bits per heavy atom. The smallest absolute Gasteiger partial charge is 0.293 e. The van der Waals surface area contributed by atoms with Crippen molar-refractivity contribution in [2.75, 3.05) is 0 Å². The summed E-state index contributed by atoms with van der Waals surface area (Å²) in [5, 5.41) is 20.7. The Morgan fingerprint density at radius 2 is 1.46 bits per heavy atom. The normalized spacial score (nSPS) is 15.4. The van der Waals surface area contributed by atoms with Crippen LogP contribution in [0.2, 0.25) is 0 Å². The van der Waals surface area contributed by atoms with Gasteiger partial charge in [-0.05, 0) is 74.3 Å². The average molecular weight is 391 g/mol. The van der Waals surface area contributed by atoms with Crippen molar-refractivity contribution >= 4 is 6.47 Å².